The Morgan fingerprint density at radius 3 is 1.96 bits per heavy atom. The second-order valence-electron chi connectivity index (χ2n) is 5.10. The summed E-state index contributed by atoms with van der Waals surface area (Å²) in [6.45, 7) is -0.376. The zero-order chi connectivity index (χ0) is 20.4. The lowest BCUT2D eigenvalue weighted by Gasteiger charge is -2.07. The van der Waals surface area contributed by atoms with Crippen molar-refractivity contribution < 1.29 is 21.9 Å². The first-order valence-electron chi connectivity index (χ1n) is 7.87. The molecule has 0 aliphatic heterocycles. The summed E-state index contributed by atoms with van der Waals surface area (Å²) in [5.41, 5.74) is 1.83. The molecule has 0 radical (unpaired) electrons. The van der Waals surface area contributed by atoms with E-state index in [2.05, 4.69) is 14.2 Å². The molecule has 1 aromatic carbocycles. The van der Waals surface area contributed by atoms with E-state index in [9.17, 15) is 8.42 Å². The highest BCUT2D eigenvalue weighted by molar-refractivity contribution is 7.80. The number of ether oxygens (including phenoxy) is 1. The summed E-state index contributed by atoms with van der Waals surface area (Å²) in [5.74, 6) is 0.352. The van der Waals surface area contributed by atoms with Gasteiger partial charge in [-0.2, -0.15) is 8.42 Å². The molecule has 0 unspecified atom stereocenters. The van der Waals surface area contributed by atoms with Crippen LogP contribution < -0.4 is 4.74 Å². The number of halogens is 2. The summed E-state index contributed by atoms with van der Waals surface area (Å²) < 4.78 is 37.8. The lowest BCUT2D eigenvalue weighted by molar-refractivity contribution is 0.202. The zero-order valence-electron chi connectivity index (χ0n) is 14.4. The predicted molar refractivity (Wildman–Crippen MR) is 107 cm³/mol. The van der Waals surface area contributed by atoms with E-state index in [-0.39, 0.29) is 13.2 Å². The fraction of sp³-hybridized carbons (Fsp3) is 0.111. The molecule has 0 amide bonds. The molecule has 1 N–H and O–H groups in total. The maximum absolute atomic E-state index is 10.2. The van der Waals surface area contributed by atoms with Crippen LogP contribution in [-0.2, 0) is 14.6 Å². The number of hydrogen-bond acceptors (Lipinski definition) is 6. The number of hydrogen-bond donors (Lipinski definition) is 1. The van der Waals surface area contributed by atoms with Crippen LogP contribution >= 0.6 is 23.2 Å². The highest BCUT2D eigenvalue weighted by atomic mass is 35.5. The number of aromatic nitrogens is 2. The Balaban J connectivity index is 0.000000207. The molecule has 0 atom stereocenters. The van der Waals surface area contributed by atoms with Gasteiger partial charge in [-0.05, 0) is 42.5 Å². The molecule has 7 nitrogen and oxygen atoms in total. The molecule has 148 valence electrons. The molecule has 0 bridgehead atoms. The minimum Gasteiger partial charge on any atom is -0.490 e. The number of benzene rings is 1. The minimum absolute atomic E-state index is 0.0683. The van der Waals surface area contributed by atoms with Crippen LogP contribution in [0.1, 0.15) is 0 Å². The average Bonchev–Trinajstić information content (AvgIpc) is 2.68. The fourth-order valence-corrected chi connectivity index (χ4v) is 2.65. The van der Waals surface area contributed by atoms with Gasteiger partial charge in [0.15, 0.2) is 0 Å². The third-order valence-electron chi connectivity index (χ3n) is 3.06. The SMILES string of the molecule is O=S(=O)(O)OCCOc1ccc(Cl)cc1Cl.c1ccc(-c2ccccn2)nc1. The lowest BCUT2D eigenvalue weighted by atomic mass is 10.2. The van der Waals surface area contributed by atoms with E-state index in [1.807, 2.05) is 36.4 Å². The van der Waals surface area contributed by atoms with Gasteiger partial charge in [-0.1, -0.05) is 35.3 Å². The molecule has 2 heterocycles. The molecule has 3 aromatic rings. The van der Waals surface area contributed by atoms with Gasteiger partial charge in [0.2, 0.25) is 0 Å². The summed E-state index contributed by atoms with van der Waals surface area (Å²) >= 11 is 11.4. The monoisotopic (exact) mass is 442 g/mol. The van der Waals surface area contributed by atoms with Crippen LogP contribution in [-0.4, -0.2) is 36.2 Å². The van der Waals surface area contributed by atoms with Crippen molar-refractivity contribution in [3.8, 4) is 17.1 Å². The predicted octanol–water partition coefficient (Wildman–Crippen LogP) is 4.34. The second-order valence-corrected chi connectivity index (χ2v) is 7.04. The van der Waals surface area contributed by atoms with Crippen molar-refractivity contribution >= 4 is 33.6 Å². The first-order chi connectivity index (χ1) is 13.3. The third kappa shape index (κ3) is 8.20. The Labute approximate surface area is 172 Å². The molecule has 0 aliphatic carbocycles. The summed E-state index contributed by atoms with van der Waals surface area (Å²) in [6, 6.07) is 16.2. The third-order valence-corrected chi connectivity index (χ3v) is 4.05. The molecule has 2 aromatic heterocycles. The van der Waals surface area contributed by atoms with Crippen molar-refractivity contribution in [2.24, 2.45) is 0 Å². The van der Waals surface area contributed by atoms with E-state index in [1.165, 1.54) is 12.1 Å². The standard InChI is InChI=1S/C10H8N2.C8H8Cl2O5S/c1-3-7-11-9(5-1)10-6-2-4-8-12-10;9-6-1-2-8(7(10)5-6)14-3-4-15-16(11,12)13/h1-8H;1-2,5H,3-4H2,(H,11,12,13). The Morgan fingerprint density at radius 2 is 1.50 bits per heavy atom. The Morgan fingerprint density at radius 1 is 0.893 bits per heavy atom. The van der Waals surface area contributed by atoms with Crippen molar-refractivity contribution in [1.29, 1.82) is 0 Å². The molecular weight excluding hydrogens is 427 g/mol. The van der Waals surface area contributed by atoms with E-state index in [0.717, 1.165) is 11.4 Å². The van der Waals surface area contributed by atoms with Crippen LogP contribution in [0.15, 0.2) is 67.0 Å². The zero-order valence-corrected chi connectivity index (χ0v) is 16.7. The molecule has 0 saturated carbocycles. The Kier molecular flexibility index (Phi) is 8.62. The molecule has 3 rings (SSSR count). The highest BCUT2D eigenvalue weighted by Gasteiger charge is 2.05. The van der Waals surface area contributed by atoms with Gasteiger partial charge in [0.1, 0.15) is 19.0 Å². The summed E-state index contributed by atoms with van der Waals surface area (Å²) in [6.07, 6.45) is 3.54. The van der Waals surface area contributed by atoms with Crippen LogP contribution in [0.25, 0.3) is 11.4 Å². The first-order valence-corrected chi connectivity index (χ1v) is 9.99. The number of rotatable bonds is 6. The highest BCUT2D eigenvalue weighted by Crippen LogP contribution is 2.27. The van der Waals surface area contributed by atoms with Crippen LogP contribution in [0.3, 0.4) is 0 Å². The summed E-state index contributed by atoms with van der Waals surface area (Å²) in [4.78, 5) is 8.37. The molecular formula is C18H16Cl2N2O5S. The summed E-state index contributed by atoms with van der Waals surface area (Å²) in [7, 11) is -4.43. The molecule has 0 spiro atoms. The van der Waals surface area contributed by atoms with E-state index in [1.54, 1.807) is 18.5 Å². The van der Waals surface area contributed by atoms with Gasteiger partial charge in [0, 0.05) is 17.4 Å². The van der Waals surface area contributed by atoms with Crippen LogP contribution in [0.5, 0.6) is 5.75 Å². The lowest BCUT2D eigenvalue weighted by Crippen LogP contribution is -2.11. The summed E-state index contributed by atoms with van der Waals surface area (Å²) in [5, 5.41) is 0.769. The quantitative estimate of drug-likeness (QED) is 0.447. The van der Waals surface area contributed by atoms with Gasteiger partial charge in [-0.3, -0.25) is 14.5 Å². The van der Waals surface area contributed by atoms with Gasteiger partial charge in [-0.25, -0.2) is 4.18 Å². The molecule has 28 heavy (non-hydrogen) atoms. The molecule has 0 aliphatic rings. The number of nitrogens with zero attached hydrogens (tertiary/aromatic N) is 2. The van der Waals surface area contributed by atoms with E-state index in [0.29, 0.717) is 15.8 Å². The molecule has 0 saturated heterocycles. The van der Waals surface area contributed by atoms with Gasteiger partial charge in [0.05, 0.1) is 16.4 Å². The van der Waals surface area contributed by atoms with Crippen molar-refractivity contribution in [2.45, 2.75) is 0 Å². The number of pyridine rings is 2. The van der Waals surface area contributed by atoms with Gasteiger partial charge in [0.25, 0.3) is 0 Å². The van der Waals surface area contributed by atoms with Crippen molar-refractivity contribution in [3.05, 3.63) is 77.0 Å². The molecule has 10 heteroatoms. The smallest absolute Gasteiger partial charge is 0.397 e. The van der Waals surface area contributed by atoms with Gasteiger partial charge >= 0.3 is 10.4 Å². The van der Waals surface area contributed by atoms with Crippen LogP contribution in [0, 0.1) is 0 Å². The first kappa shape index (κ1) is 22.1. The van der Waals surface area contributed by atoms with E-state index >= 15 is 0 Å². The fourth-order valence-electron chi connectivity index (χ4n) is 1.91. The topological polar surface area (TPSA) is 98.6 Å². The van der Waals surface area contributed by atoms with Gasteiger partial charge < -0.3 is 4.74 Å². The van der Waals surface area contributed by atoms with Crippen molar-refractivity contribution in [3.63, 3.8) is 0 Å². The van der Waals surface area contributed by atoms with E-state index < -0.39 is 10.4 Å². The maximum atomic E-state index is 10.2. The average molecular weight is 443 g/mol. The largest absolute Gasteiger partial charge is 0.490 e. The van der Waals surface area contributed by atoms with E-state index in [4.69, 9.17) is 32.5 Å². The molecule has 0 fully saturated rings. The Bertz CT molecular complexity index is 936. The Hall–Kier alpha value is -2.23. The van der Waals surface area contributed by atoms with Crippen molar-refractivity contribution in [2.75, 3.05) is 13.2 Å². The van der Waals surface area contributed by atoms with Gasteiger partial charge in [-0.15, -0.1) is 0 Å². The normalized spacial score (nSPS) is 10.7. The second kappa shape index (κ2) is 10.9. The maximum Gasteiger partial charge on any atom is 0.397 e. The van der Waals surface area contributed by atoms with Crippen LogP contribution in [0.4, 0.5) is 0 Å². The van der Waals surface area contributed by atoms with Crippen LogP contribution in [0.2, 0.25) is 10.0 Å². The minimum atomic E-state index is -4.43. The van der Waals surface area contributed by atoms with Crippen molar-refractivity contribution in [1.82, 2.24) is 9.97 Å².